The van der Waals surface area contributed by atoms with Crippen molar-refractivity contribution >= 4 is 15.7 Å². The van der Waals surface area contributed by atoms with Crippen LogP contribution in [0.3, 0.4) is 0 Å². The summed E-state index contributed by atoms with van der Waals surface area (Å²) in [5.41, 5.74) is 3.81. The molecule has 0 spiro atoms. The number of halogens is 3. The second kappa shape index (κ2) is 10.9. The van der Waals surface area contributed by atoms with Gasteiger partial charge in [0.2, 0.25) is 10.0 Å². The molecule has 0 saturated carbocycles. The first kappa shape index (κ1) is 27.0. The minimum absolute atomic E-state index is 0.109. The van der Waals surface area contributed by atoms with Gasteiger partial charge in [0.25, 0.3) is 0 Å². The van der Waals surface area contributed by atoms with E-state index in [1.807, 2.05) is 61.5 Å². The fourth-order valence-electron chi connectivity index (χ4n) is 5.00. The van der Waals surface area contributed by atoms with Crippen LogP contribution in [0.25, 0.3) is 0 Å². The number of benzene rings is 3. The SMILES string of the molecule is Cc1[nH]cnc1CN1c2ccccc2CN(S(=O)(=O)c2ccc(C(F)(F)F)cc2)CC1CCc1ccccc1. The van der Waals surface area contributed by atoms with E-state index < -0.39 is 21.8 Å². The van der Waals surface area contributed by atoms with Gasteiger partial charge in [-0.15, -0.1) is 0 Å². The number of nitrogens with one attached hydrogen (secondary N) is 1. The maximum Gasteiger partial charge on any atom is 0.416 e. The Balaban J connectivity index is 1.53. The monoisotopic (exact) mass is 554 g/mol. The van der Waals surface area contributed by atoms with Gasteiger partial charge in [0.15, 0.2) is 0 Å². The zero-order valence-corrected chi connectivity index (χ0v) is 22.2. The molecule has 1 aromatic heterocycles. The van der Waals surface area contributed by atoms with E-state index in [0.717, 1.165) is 58.9 Å². The summed E-state index contributed by atoms with van der Waals surface area (Å²) in [4.78, 5) is 9.66. The van der Waals surface area contributed by atoms with Crippen molar-refractivity contribution in [1.29, 1.82) is 0 Å². The molecule has 5 rings (SSSR count). The normalized spacial score (nSPS) is 16.6. The number of hydrogen-bond acceptors (Lipinski definition) is 4. The Morgan fingerprint density at radius 1 is 0.974 bits per heavy atom. The highest BCUT2D eigenvalue weighted by atomic mass is 32.2. The molecule has 0 fully saturated rings. The fourth-order valence-corrected chi connectivity index (χ4v) is 6.46. The topological polar surface area (TPSA) is 69.3 Å². The molecule has 6 nitrogen and oxygen atoms in total. The zero-order chi connectivity index (χ0) is 27.6. The lowest BCUT2D eigenvalue weighted by atomic mass is 10.0. The number of nitrogens with zero attached hydrogens (tertiary/aromatic N) is 3. The van der Waals surface area contributed by atoms with Gasteiger partial charge in [0, 0.05) is 30.5 Å². The summed E-state index contributed by atoms with van der Waals surface area (Å²) in [6.45, 7) is 2.72. The third-order valence-electron chi connectivity index (χ3n) is 7.19. The van der Waals surface area contributed by atoms with E-state index in [1.54, 1.807) is 6.33 Å². The number of fused-ring (bicyclic) bond motifs is 1. The quantitative estimate of drug-likeness (QED) is 0.307. The van der Waals surface area contributed by atoms with Gasteiger partial charge in [-0.25, -0.2) is 13.4 Å². The number of aromatic amines is 1. The first-order valence-electron chi connectivity index (χ1n) is 12.7. The van der Waals surface area contributed by atoms with Crippen LogP contribution in [0, 0.1) is 6.92 Å². The van der Waals surface area contributed by atoms with Crippen molar-refractivity contribution in [2.45, 2.75) is 50.0 Å². The molecule has 1 N–H and O–H groups in total. The van der Waals surface area contributed by atoms with E-state index in [4.69, 9.17) is 0 Å². The van der Waals surface area contributed by atoms with E-state index in [0.29, 0.717) is 13.0 Å². The van der Waals surface area contributed by atoms with Gasteiger partial charge in [-0.2, -0.15) is 17.5 Å². The molecular weight excluding hydrogens is 525 g/mol. The number of para-hydroxylation sites is 1. The molecule has 2 heterocycles. The van der Waals surface area contributed by atoms with Crippen LogP contribution in [0.1, 0.15) is 34.5 Å². The number of imidazole rings is 1. The summed E-state index contributed by atoms with van der Waals surface area (Å²) in [7, 11) is -4.08. The van der Waals surface area contributed by atoms with Crippen LogP contribution < -0.4 is 4.90 Å². The lowest BCUT2D eigenvalue weighted by Gasteiger charge is -2.34. The lowest BCUT2D eigenvalue weighted by molar-refractivity contribution is -0.137. The highest BCUT2D eigenvalue weighted by molar-refractivity contribution is 7.89. The third-order valence-corrected chi connectivity index (χ3v) is 9.01. The van der Waals surface area contributed by atoms with Gasteiger partial charge in [0.05, 0.1) is 29.0 Å². The first-order chi connectivity index (χ1) is 18.6. The third kappa shape index (κ3) is 5.86. The molecule has 1 atom stereocenters. The van der Waals surface area contributed by atoms with E-state index in [9.17, 15) is 21.6 Å². The van der Waals surface area contributed by atoms with E-state index in [1.165, 1.54) is 4.31 Å². The molecule has 0 aliphatic carbocycles. The van der Waals surface area contributed by atoms with Gasteiger partial charge in [-0.05, 0) is 61.2 Å². The van der Waals surface area contributed by atoms with Crippen molar-refractivity contribution in [2.75, 3.05) is 11.4 Å². The molecule has 1 aliphatic heterocycles. The standard InChI is InChI=1S/C29H29F3N4O2S/c1-21-27(34-20-33-21)19-36-25(14-11-22-7-3-2-4-8-22)18-35(17-23-9-5-6-10-28(23)36)39(37,38)26-15-12-24(13-16-26)29(30,31)32/h2-10,12-13,15-16,20,25H,11,14,17-19H2,1H3,(H,33,34). The summed E-state index contributed by atoms with van der Waals surface area (Å²) in [5.74, 6) is 0. The number of sulfonamides is 1. The minimum Gasteiger partial charge on any atom is -0.361 e. The van der Waals surface area contributed by atoms with Crippen LogP contribution in [0.15, 0.2) is 90.1 Å². The molecule has 4 aromatic rings. The Hall–Kier alpha value is -3.63. The molecule has 1 aliphatic rings. The van der Waals surface area contributed by atoms with Crippen molar-refractivity contribution in [2.24, 2.45) is 0 Å². The average Bonchev–Trinajstić information content (AvgIpc) is 3.25. The van der Waals surface area contributed by atoms with Crippen molar-refractivity contribution in [3.05, 3.63) is 113 Å². The van der Waals surface area contributed by atoms with Gasteiger partial charge < -0.3 is 9.88 Å². The van der Waals surface area contributed by atoms with Crippen molar-refractivity contribution in [3.8, 4) is 0 Å². The highest BCUT2D eigenvalue weighted by Crippen LogP contribution is 2.35. The average molecular weight is 555 g/mol. The first-order valence-corrected chi connectivity index (χ1v) is 14.1. The number of alkyl halides is 3. The Labute approximate surface area is 226 Å². The van der Waals surface area contributed by atoms with Crippen LogP contribution in [-0.4, -0.2) is 35.3 Å². The number of hydrogen-bond donors (Lipinski definition) is 1. The summed E-state index contributed by atoms with van der Waals surface area (Å²) in [6, 6.07) is 21.2. The second-order valence-electron chi connectivity index (χ2n) is 9.73. The predicted molar refractivity (Wildman–Crippen MR) is 144 cm³/mol. The smallest absolute Gasteiger partial charge is 0.361 e. The number of rotatable bonds is 7. The Morgan fingerprint density at radius 2 is 1.67 bits per heavy atom. The van der Waals surface area contributed by atoms with Crippen LogP contribution in [0.2, 0.25) is 0 Å². The van der Waals surface area contributed by atoms with E-state index in [-0.39, 0.29) is 24.0 Å². The van der Waals surface area contributed by atoms with Gasteiger partial charge in [-0.3, -0.25) is 0 Å². The number of anilines is 1. The summed E-state index contributed by atoms with van der Waals surface area (Å²) < 4.78 is 68.4. The molecule has 0 saturated heterocycles. The fraction of sp³-hybridized carbons (Fsp3) is 0.276. The van der Waals surface area contributed by atoms with Crippen molar-refractivity contribution in [1.82, 2.24) is 14.3 Å². The molecule has 39 heavy (non-hydrogen) atoms. The number of aryl methyl sites for hydroxylation is 2. The Kier molecular flexibility index (Phi) is 7.51. The molecular formula is C29H29F3N4O2S. The summed E-state index contributed by atoms with van der Waals surface area (Å²) in [6.07, 6.45) is -1.50. The molecule has 10 heteroatoms. The Morgan fingerprint density at radius 3 is 2.33 bits per heavy atom. The molecule has 0 radical (unpaired) electrons. The largest absolute Gasteiger partial charge is 0.416 e. The predicted octanol–water partition coefficient (Wildman–Crippen LogP) is 5.95. The van der Waals surface area contributed by atoms with Crippen LogP contribution in [0.4, 0.5) is 18.9 Å². The second-order valence-corrected chi connectivity index (χ2v) is 11.7. The summed E-state index contributed by atoms with van der Waals surface area (Å²) in [5, 5.41) is 0. The molecule has 204 valence electrons. The maximum absolute atomic E-state index is 13.8. The lowest BCUT2D eigenvalue weighted by Crippen LogP contribution is -2.43. The molecule has 1 unspecified atom stereocenters. The van der Waals surface area contributed by atoms with Crippen molar-refractivity contribution in [3.63, 3.8) is 0 Å². The highest BCUT2D eigenvalue weighted by Gasteiger charge is 2.36. The number of aromatic nitrogens is 2. The zero-order valence-electron chi connectivity index (χ0n) is 21.4. The number of H-pyrrole nitrogens is 1. The van der Waals surface area contributed by atoms with Gasteiger partial charge in [-0.1, -0.05) is 48.5 Å². The molecule has 0 bridgehead atoms. The van der Waals surface area contributed by atoms with Crippen LogP contribution in [0.5, 0.6) is 0 Å². The molecule has 3 aromatic carbocycles. The summed E-state index contributed by atoms with van der Waals surface area (Å²) >= 11 is 0. The maximum atomic E-state index is 13.8. The van der Waals surface area contributed by atoms with E-state index >= 15 is 0 Å². The van der Waals surface area contributed by atoms with Crippen LogP contribution >= 0.6 is 0 Å². The van der Waals surface area contributed by atoms with Gasteiger partial charge >= 0.3 is 6.18 Å². The Bertz CT molecular complexity index is 1520. The van der Waals surface area contributed by atoms with Crippen molar-refractivity contribution < 1.29 is 21.6 Å². The molecule has 0 amide bonds. The van der Waals surface area contributed by atoms with Gasteiger partial charge in [0.1, 0.15) is 0 Å². The van der Waals surface area contributed by atoms with Crippen LogP contribution in [-0.2, 0) is 35.7 Å². The van der Waals surface area contributed by atoms with E-state index in [2.05, 4.69) is 14.9 Å². The minimum atomic E-state index is -4.54.